The molecule has 1 aliphatic rings. The van der Waals surface area contributed by atoms with Gasteiger partial charge in [-0.25, -0.2) is 10.0 Å². The van der Waals surface area contributed by atoms with Crippen LogP contribution < -0.4 is 20.5 Å². The minimum atomic E-state index is -2.14. The Labute approximate surface area is 267 Å². The molecular weight excluding hydrogens is 569 g/mol. The van der Waals surface area contributed by atoms with Gasteiger partial charge in [0.2, 0.25) is 0 Å². The molecule has 0 amide bonds. The number of anilines is 3. The Bertz CT molecular complexity index is 2060. The zero-order valence-electron chi connectivity index (χ0n) is 27.6. The fraction of sp³-hybridized carbons (Fsp3) is 0.256. The molecule has 0 N–H and O–H groups in total. The SMILES string of the molecule is CC(C)(C)c1ccnc(-n2c3ccccc3c3ccc([Si](C)(C)c4cccc(N5ON(C(C)(C)C)c6ccccc65)c4)cc32)c1. The van der Waals surface area contributed by atoms with Gasteiger partial charge in [-0.05, 0) is 80.3 Å². The van der Waals surface area contributed by atoms with Crippen molar-refractivity contribution in [1.82, 2.24) is 9.55 Å². The maximum absolute atomic E-state index is 6.52. The zero-order chi connectivity index (χ0) is 31.7. The highest BCUT2D eigenvalue weighted by molar-refractivity contribution is 7.00. The van der Waals surface area contributed by atoms with Crippen LogP contribution in [0.15, 0.2) is 109 Å². The predicted molar refractivity (Wildman–Crippen MR) is 192 cm³/mol. The number of hydrogen-bond donors (Lipinski definition) is 0. The lowest BCUT2D eigenvalue weighted by Gasteiger charge is -2.32. The summed E-state index contributed by atoms with van der Waals surface area (Å²) in [5.41, 5.74) is 6.66. The van der Waals surface area contributed by atoms with Crippen LogP contribution in [-0.2, 0) is 10.4 Å². The summed E-state index contributed by atoms with van der Waals surface area (Å²) in [5.74, 6) is 0.959. The van der Waals surface area contributed by atoms with Crippen LogP contribution in [0.1, 0.15) is 47.1 Å². The first-order valence-corrected chi connectivity index (χ1v) is 18.8. The molecule has 0 radical (unpaired) electrons. The number of hydrogen-bond acceptors (Lipinski definition) is 4. The molecule has 0 atom stereocenters. The topological polar surface area (TPSA) is 33.5 Å². The molecule has 6 heteroatoms. The molecule has 0 aliphatic carbocycles. The summed E-state index contributed by atoms with van der Waals surface area (Å²) >= 11 is 0. The van der Waals surface area contributed by atoms with Crippen LogP contribution in [0.5, 0.6) is 0 Å². The molecule has 2 aromatic heterocycles. The normalized spacial score (nSPS) is 14.0. The fourth-order valence-electron chi connectivity index (χ4n) is 6.45. The molecule has 45 heavy (non-hydrogen) atoms. The first-order valence-electron chi connectivity index (χ1n) is 15.8. The Morgan fingerprint density at radius 2 is 1.33 bits per heavy atom. The lowest BCUT2D eigenvalue weighted by molar-refractivity contribution is 0.0843. The van der Waals surface area contributed by atoms with E-state index in [1.165, 1.54) is 37.7 Å². The van der Waals surface area contributed by atoms with Crippen molar-refractivity contribution in [3.8, 4) is 5.82 Å². The van der Waals surface area contributed by atoms with E-state index in [1.54, 1.807) is 0 Å². The third-order valence-electron chi connectivity index (χ3n) is 9.13. The third kappa shape index (κ3) is 4.93. The van der Waals surface area contributed by atoms with E-state index in [0.29, 0.717) is 0 Å². The quantitative estimate of drug-likeness (QED) is 0.187. The third-order valence-corrected chi connectivity index (χ3v) is 12.6. The van der Waals surface area contributed by atoms with E-state index in [0.717, 1.165) is 22.9 Å². The number of hydroxylamine groups is 1. The summed E-state index contributed by atoms with van der Waals surface area (Å²) in [6, 6.07) is 37.5. The molecular formula is C39H42N4OSi. The summed E-state index contributed by atoms with van der Waals surface area (Å²) < 4.78 is 2.35. The van der Waals surface area contributed by atoms with Gasteiger partial charge in [0.05, 0.1) is 33.6 Å². The van der Waals surface area contributed by atoms with Crippen molar-refractivity contribution in [2.75, 3.05) is 10.1 Å². The van der Waals surface area contributed by atoms with Gasteiger partial charge in [0.1, 0.15) is 13.9 Å². The summed E-state index contributed by atoms with van der Waals surface area (Å²) in [6.45, 7) is 18.2. The summed E-state index contributed by atoms with van der Waals surface area (Å²) in [5, 5.41) is 9.21. The highest BCUT2D eigenvalue weighted by Crippen LogP contribution is 2.44. The molecule has 3 heterocycles. The number of benzene rings is 4. The number of pyridine rings is 1. The largest absolute Gasteiger partial charge is 0.294 e. The maximum atomic E-state index is 6.52. The van der Waals surface area contributed by atoms with Crippen LogP contribution in [-0.4, -0.2) is 23.2 Å². The second kappa shape index (κ2) is 10.3. The van der Waals surface area contributed by atoms with Gasteiger partial charge in [-0.1, -0.05) is 98.8 Å². The summed E-state index contributed by atoms with van der Waals surface area (Å²) in [7, 11) is -2.14. The number of aromatic nitrogens is 2. The van der Waals surface area contributed by atoms with Crippen molar-refractivity contribution in [3.05, 3.63) is 115 Å². The van der Waals surface area contributed by atoms with Crippen LogP contribution in [0.2, 0.25) is 13.1 Å². The van der Waals surface area contributed by atoms with Gasteiger partial charge >= 0.3 is 0 Å². The molecule has 0 spiro atoms. The summed E-state index contributed by atoms with van der Waals surface area (Å²) in [6.07, 6.45) is 1.95. The van der Waals surface area contributed by atoms with Crippen molar-refractivity contribution in [3.63, 3.8) is 0 Å². The van der Waals surface area contributed by atoms with E-state index >= 15 is 0 Å². The number of nitrogens with zero attached hydrogens (tertiary/aromatic N) is 4. The molecule has 1 aliphatic heterocycles. The van der Waals surface area contributed by atoms with Crippen molar-refractivity contribution in [2.45, 2.75) is 65.6 Å². The predicted octanol–water partition coefficient (Wildman–Crippen LogP) is 8.90. The Morgan fingerprint density at radius 1 is 0.644 bits per heavy atom. The first-order chi connectivity index (χ1) is 21.3. The molecule has 4 aromatic carbocycles. The van der Waals surface area contributed by atoms with Gasteiger partial charge in [0, 0.05) is 17.0 Å². The van der Waals surface area contributed by atoms with E-state index < -0.39 is 8.07 Å². The van der Waals surface area contributed by atoms with Crippen LogP contribution in [0, 0.1) is 0 Å². The number of fused-ring (bicyclic) bond motifs is 4. The van der Waals surface area contributed by atoms with Gasteiger partial charge in [-0.15, -0.1) is 4.94 Å². The molecule has 7 rings (SSSR count). The molecule has 228 valence electrons. The molecule has 5 nitrogen and oxygen atoms in total. The van der Waals surface area contributed by atoms with E-state index in [9.17, 15) is 0 Å². The minimum absolute atomic E-state index is 0.0328. The van der Waals surface area contributed by atoms with Crippen LogP contribution >= 0.6 is 0 Å². The lowest BCUT2D eigenvalue weighted by Crippen LogP contribution is -2.53. The van der Waals surface area contributed by atoms with Crippen molar-refractivity contribution >= 4 is 57.3 Å². The lowest BCUT2D eigenvalue weighted by atomic mass is 9.88. The smallest absolute Gasteiger partial charge is 0.137 e. The maximum Gasteiger partial charge on any atom is 0.137 e. The Kier molecular flexibility index (Phi) is 6.73. The molecule has 0 saturated carbocycles. The number of para-hydroxylation sites is 3. The standard InChI is InChI=1S/C39H42N4OSi/c1-38(2,3)27-22-23-40-37(24-27)41-33-17-10-9-16-31(33)32-21-20-30(26-36(32)41)45(7,8)29-15-13-14-28(25-29)42-34-18-11-12-19-35(34)43(44-42)39(4,5)6/h9-26H,1-8H3. The van der Waals surface area contributed by atoms with Crippen molar-refractivity contribution in [1.29, 1.82) is 0 Å². The second-order valence-electron chi connectivity index (χ2n) is 14.7. The van der Waals surface area contributed by atoms with E-state index in [4.69, 9.17) is 9.92 Å². The Morgan fingerprint density at radius 3 is 2.09 bits per heavy atom. The van der Waals surface area contributed by atoms with Crippen molar-refractivity contribution < 1.29 is 4.94 Å². The molecule has 6 aromatic rings. The molecule has 0 unspecified atom stereocenters. The van der Waals surface area contributed by atoms with Crippen LogP contribution in [0.4, 0.5) is 17.1 Å². The van der Waals surface area contributed by atoms with Gasteiger partial charge in [-0.2, -0.15) is 5.06 Å². The Hall–Kier alpha value is -4.39. The van der Waals surface area contributed by atoms with E-state index in [1.807, 2.05) is 16.3 Å². The minimum Gasteiger partial charge on any atom is -0.294 e. The number of rotatable bonds is 4. The van der Waals surface area contributed by atoms with Gasteiger partial charge in [0.15, 0.2) is 0 Å². The first kappa shape index (κ1) is 29.3. The average Bonchev–Trinajstić information content (AvgIpc) is 3.57. The molecule has 0 bridgehead atoms. The molecule has 0 saturated heterocycles. The fourth-order valence-corrected chi connectivity index (χ4v) is 8.80. The van der Waals surface area contributed by atoms with Gasteiger partial charge in [-0.3, -0.25) is 4.57 Å². The highest BCUT2D eigenvalue weighted by atomic mass is 28.3. The van der Waals surface area contributed by atoms with E-state index in [2.05, 4.69) is 162 Å². The zero-order valence-corrected chi connectivity index (χ0v) is 28.6. The summed E-state index contributed by atoms with van der Waals surface area (Å²) in [4.78, 5) is 11.4. The molecule has 0 fully saturated rings. The van der Waals surface area contributed by atoms with Gasteiger partial charge in [0.25, 0.3) is 0 Å². The van der Waals surface area contributed by atoms with Crippen LogP contribution in [0.3, 0.4) is 0 Å². The average molecular weight is 611 g/mol. The second-order valence-corrected chi connectivity index (χ2v) is 19.1. The monoisotopic (exact) mass is 610 g/mol. The van der Waals surface area contributed by atoms with E-state index in [-0.39, 0.29) is 11.0 Å². The van der Waals surface area contributed by atoms with Gasteiger partial charge < -0.3 is 0 Å². The Balaban J connectivity index is 1.34. The van der Waals surface area contributed by atoms with Crippen molar-refractivity contribution in [2.24, 2.45) is 0 Å². The highest BCUT2D eigenvalue weighted by Gasteiger charge is 2.36. The van der Waals surface area contributed by atoms with Crippen LogP contribution in [0.25, 0.3) is 27.6 Å².